The molecule has 0 heterocycles. The first kappa shape index (κ1) is 16.5. The molecule has 4 nitrogen and oxygen atoms in total. The van der Waals surface area contributed by atoms with Crippen LogP contribution in [-0.4, -0.2) is 16.7 Å². The molecular weight excluding hydrogens is 371 g/mol. The standard InChI is InChI=1S/C15H12BrFN2O2S/c1-22(2,20)19-11-4-6-14(12(16)8-11)21-15-5-3-10(9-18)7-13(15)17/h3-8H,1-2H3. The molecule has 0 aliphatic carbocycles. The second-order valence-corrected chi connectivity index (χ2v) is 8.15. The van der Waals surface area contributed by atoms with Crippen molar-refractivity contribution in [2.45, 2.75) is 0 Å². The van der Waals surface area contributed by atoms with Crippen LogP contribution in [0.3, 0.4) is 0 Å². The van der Waals surface area contributed by atoms with Gasteiger partial charge in [-0.05, 0) is 52.3 Å². The maximum Gasteiger partial charge on any atom is 0.167 e. The second-order valence-electron chi connectivity index (χ2n) is 4.75. The van der Waals surface area contributed by atoms with E-state index in [1.165, 1.54) is 24.6 Å². The third kappa shape index (κ3) is 4.29. The summed E-state index contributed by atoms with van der Waals surface area (Å²) < 4.78 is 35.6. The first-order valence-corrected chi connectivity index (χ1v) is 9.25. The number of ether oxygens (including phenoxy) is 1. The minimum atomic E-state index is -2.26. The third-order valence-electron chi connectivity index (χ3n) is 2.52. The van der Waals surface area contributed by atoms with Crippen molar-refractivity contribution >= 4 is 31.3 Å². The van der Waals surface area contributed by atoms with Crippen LogP contribution in [0.1, 0.15) is 5.56 Å². The topological polar surface area (TPSA) is 62.4 Å². The van der Waals surface area contributed by atoms with Crippen molar-refractivity contribution in [1.29, 1.82) is 5.26 Å². The molecule has 0 N–H and O–H groups in total. The Morgan fingerprint density at radius 1 is 1.23 bits per heavy atom. The highest BCUT2D eigenvalue weighted by Gasteiger charge is 2.09. The Morgan fingerprint density at radius 2 is 1.91 bits per heavy atom. The van der Waals surface area contributed by atoms with Crippen molar-refractivity contribution in [2.75, 3.05) is 12.5 Å². The molecule has 0 unspecified atom stereocenters. The van der Waals surface area contributed by atoms with Crippen molar-refractivity contribution in [3.05, 3.63) is 52.3 Å². The van der Waals surface area contributed by atoms with E-state index >= 15 is 0 Å². The van der Waals surface area contributed by atoms with Crippen molar-refractivity contribution in [2.24, 2.45) is 4.36 Å². The van der Waals surface area contributed by atoms with Gasteiger partial charge in [-0.3, -0.25) is 0 Å². The summed E-state index contributed by atoms with van der Waals surface area (Å²) in [5, 5.41) is 8.71. The molecule has 7 heteroatoms. The molecule has 0 spiro atoms. The fourth-order valence-corrected chi connectivity index (χ4v) is 2.72. The van der Waals surface area contributed by atoms with Gasteiger partial charge in [0.2, 0.25) is 0 Å². The maximum absolute atomic E-state index is 13.8. The van der Waals surface area contributed by atoms with Gasteiger partial charge in [0.15, 0.2) is 11.6 Å². The lowest BCUT2D eigenvalue weighted by atomic mass is 10.2. The number of nitriles is 1. The fourth-order valence-electron chi connectivity index (χ4n) is 1.65. The largest absolute Gasteiger partial charge is 0.453 e. The Labute approximate surface area is 136 Å². The second kappa shape index (κ2) is 6.46. The Bertz CT molecular complexity index is 876. The summed E-state index contributed by atoms with van der Waals surface area (Å²) in [7, 11) is -2.26. The van der Waals surface area contributed by atoms with Crippen LogP contribution in [0.25, 0.3) is 0 Å². The highest BCUT2D eigenvalue weighted by atomic mass is 79.9. The predicted octanol–water partition coefficient (Wildman–Crippen LogP) is 4.61. The van der Waals surface area contributed by atoms with E-state index < -0.39 is 15.5 Å². The molecule has 0 aromatic heterocycles. The van der Waals surface area contributed by atoms with Crippen LogP contribution in [0.2, 0.25) is 0 Å². The summed E-state index contributed by atoms with van der Waals surface area (Å²) >= 11 is 3.31. The zero-order valence-corrected chi connectivity index (χ0v) is 14.2. The molecule has 0 fully saturated rings. The van der Waals surface area contributed by atoms with Crippen molar-refractivity contribution < 1.29 is 13.3 Å². The van der Waals surface area contributed by atoms with Gasteiger partial charge in [-0.15, -0.1) is 0 Å². The van der Waals surface area contributed by atoms with Gasteiger partial charge in [0.25, 0.3) is 0 Å². The van der Waals surface area contributed by atoms with E-state index in [0.717, 1.165) is 6.07 Å². The van der Waals surface area contributed by atoms with Crippen LogP contribution in [0, 0.1) is 17.1 Å². The van der Waals surface area contributed by atoms with Crippen LogP contribution in [-0.2, 0) is 9.73 Å². The number of nitrogens with zero attached hydrogens (tertiary/aromatic N) is 2. The zero-order chi connectivity index (χ0) is 16.3. The van der Waals surface area contributed by atoms with Gasteiger partial charge in [-0.25, -0.2) is 8.60 Å². The van der Waals surface area contributed by atoms with Crippen molar-refractivity contribution in [3.8, 4) is 17.6 Å². The van der Waals surface area contributed by atoms with Crippen LogP contribution in [0.5, 0.6) is 11.5 Å². The average molecular weight is 383 g/mol. The highest BCUT2D eigenvalue weighted by Crippen LogP contribution is 2.34. The molecule has 2 aromatic carbocycles. The summed E-state index contributed by atoms with van der Waals surface area (Å²) in [6.07, 6.45) is 3.08. The molecule has 0 atom stereocenters. The molecule has 0 saturated carbocycles. The van der Waals surface area contributed by atoms with Crippen LogP contribution in [0.4, 0.5) is 10.1 Å². The molecule has 0 aliphatic heterocycles. The minimum absolute atomic E-state index is 0.0131. The summed E-state index contributed by atoms with van der Waals surface area (Å²) in [5.41, 5.74) is 0.758. The quantitative estimate of drug-likeness (QED) is 0.778. The smallest absolute Gasteiger partial charge is 0.167 e. The SMILES string of the molecule is CS(C)(=O)=Nc1ccc(Oc2ccc(C#N)cc2F)c(Br)c1. The van der Waals surface area contributed by atoms with E-state index in [1.807, 2.05) is 6.07 Å². The summed E-state index contributed by atoms with van der Waals surface area (Å²) in [6, 6.07) is 10.7. The Kier molecular flexibility index (Phi) is 4.84. The zero-order valence-electron chi connectivity index (χ0n) is 11.8. The van der Waals surface area contributed by atoms with E-state index in [-0.39, 0.29) is 11.3 Å². The van der Waals surface area contributed by atoms with E-state index in [1.54, 1.807) is 18.2 Å². The lowest BCUT2D eigenvalue weighted by molar-refractivity contribution is 0.440. The third-order valence-corrected chi connectivity index (χ3v) is 3.79. The van der Waals surface area contributed by atoms with Gasteiger partial charge < -0.3 is 4.74 Å². The number of benzene rings is 2. The van der Waals surface area contributed by atoms with Gasteiger partial charge >= 0.3 is 0 Å². The molecule has 0 radical (unpaired) electrons. The van der Waals surface area contributed by atoms with Gasteiger partial charge in [0.1, 0.15) is 5.75 Å². The Balaban J connectivity index is 2.32. The Hall–Kier alpha value is -1.91. The number of rotatable bonds is 3. The first-order chi connectivity index (χ1) is 10.3. The molecule has 0 aliphatic rings. The molecule has 2 rings (SSSR count). The van der Waals surface area contributed by atoms with Crippen molar-refractivity contribution in [1.82, 2.24) is 0 Å². The van der Waals surface area contributed by atoms with Crippen LogP contribution < -0.4 is 4.74 Å². The molecule has 22 heavy (non-hydrogen) atoms. The molecule has 2 aromatic rings. The Morgan fingerprint density at radius 3 is 2.45 bits per heavy atom. The fraction of sp³-hybridized carbons (Fsp3) is 0.133. The van der Waals surface area contributed by atoms with Gasteiger partial charge in [-0.1, -0.05) is 0 Å². The van der Waals surface area contributed by atoms with E-state index in [9.17, 15) is 8.60 Å². The van der Waals surface area contributed by atoms with Gasteiger partial charge in [-0.2, -0.15) is 9.62 Å². The van der Waals surface area contributed by atoms with E-state index in [4.69, 9.17) is 10.00 Å². The van der Waals surface area contributed by atoms with E-state index in [2.05, 4.69) is 20.3 Å². The number of hydrogen-bond donors (Lipinski definition) is 0. The molecular formula is C15H12BrFN2O2S. The minimum Gasteiger partial charge on any atom is -0.453 e. The summed E-state index contributed by atoms with van der Waals surface area (Å²) in [4.78, 5) is 0. The maximum atomic E-state index is 13.8. The average Bonchev–Trinajstić information content (AvgIpc) is 2.42. The first-order valence-electron chi connectivity index (χ1n) is 6.13. The predicted molar refractivity (Wildman–Crippen MR) is 87.4 cm³/mol. The lowest BCUT2D eigenvalue weighted by Gasteiger charge is -2.09. The lowest BCUT2D eigenvalue weighted by Crippen LogP contribution is -1.91. The molecule has 0 bridgehead atoms. The van der Waals surface area contributed by atoms with Gasteiger partial charge in [0, 0.05) is 22.2 Å². The van der Waals surface area contributed by atoms with E-state index in [0.29, 0.717) is 15.9 Å². The molecule has 0 saturated heterocycles. The highest BCUT2D eigenvalue weighted by molar-refractivity contribution is 9.10. The number of hydrogen-bond acceptors (Lipinski definition) is 4. The molecule has 114 valence electrons. The van der Waals surface area contributed by atoms with Crippen LogP contribution in [0.15, 0.2) is 45.2 Å². The summed E-state index contributed by atoms with van der Waals surface area (Å²) in [6.45, 7) is 0. The monoisotopic (exact) mass is 382 g/mol. The van der Waals surface area contributed by atoms with Gasteiger partial charge in [0.05, 0.1) is 21.8 Å². The normalized spacial score (nSPS) is 10.9. The van der Waals surface area contributed by atoms with Crippen molar-refractivity contribution in [3.63, 3.8) is 0 Å². The number of halogens is 2. The van der Waals surface area contributed by atoms with Crippen LogP contribution >= 0.6 is 15.9 Å². The summed E-state index contributed by atoms with van der Waals surface area (Å²) in [5.74, 6) is -0.217. The molecule has 0 amide bonds.